The molecule has 2 heteroatoms. The van der Waals surface area contributed by atoms with Crippen molar-refractivity contribution in [3.8, 4) is 11.5 Å². The van der Waals surface area contributed by atoms with Crippen molar-refractivity contribution in [1.29, 1.82) is 0 Å². The molecule has 1 aliphatic rings. The SMILES string of the molecule is CC(C)c1cc(OC2CCCCC2)ccc1O. The van der Waals surface area contributed by atoms with Crippen molar-refractivity contribution in [3.05, 3.63) is 23.8 Å². The molecule has 1 N–H and O–H groups in total. The van der Waals surface area contributed by atoms with Crippen LogP contribution in [0.25, 0.3) is 0 Å². The van der Waals surface area contributed by atoms with Gasteiger partial charge < -0.3 is 9.84 Å². The molecule has 0 aliphatic heterocycles. The summed E-state index contributed by atoms with van der Waals surface area (Å²) in [6.07, 6.45) is 6.59. The number of hydrogen-bond donors (Lipinski definition) is 1. The molecule has 1 aromatic carbocycles. The lowest BCUT2D eigenvalue weighted by Gasteiger charge is -2.23. The molecule has 2 nitrogen and oxygen atoms in total. The van der Waals surface area contributed by atoms with E-state index in [-0.39, 0.29) is 0 Å². The third-order valence-electron chi connectivity index (χ3n) is 3.48. The van der Waals surface area contributed by atoms with Gasteiger partial charge in [-0.3, -0.25) is 0 Å². The number of phenols is 1. The third kappa shape index (κ3) is 3.15. The van der Waals surface area contributed by atoms with Gasteiger partial charge in [0.1, 0.15) is 11.5 Å². The Hall–Kier alpha value is -1.18. The first kappa shape index (κ1) is 12.3. The maximum absolute atomic E-state index is 9.76. The largest absolute Gasteiger partial charge is 0.508 e. The lowest BCUT2D eigenvalue weighted by molar-refractivity contribution is 0.154. The second-order valence-electron chi connectivity index (χ2n) is 5.25. The van der Waals surface area contributed by atoms with Crippen molar-refractivity contribution in [3.63, 3.8) is 0 Å². The minimum Gasteiger partial charge on any atom is -0.508 e. The molecule has 0 bridgehead atoms. The Labute approximate surface area is 104 Å². The molecular weight excluding hydrogens is 212 g/mol. The summed E-state index contributed by atoms with van der Waals surface area (Å²) in [6, 6.07) is 5.60. The number of ether oxygens (including phenoxy) is 1. The van der Waals surface area contributed by atoms with Crippen LogP contribution < -0.4 is 4.74 Å². The van der Waals surface area contributed by atoms with E-state index in [1.54, 1.807) is 6.07 Å². The Bertz CT molecular complexity index is 365. The zero-order valence-electron chi connectivity index (χ0n) is 10.8. The summed E-state index contributed by atoms with van der Waals surface area (Å²) in [6.45, 7) is 4.17. The highest BCUT2D eigenvalue weighted by atomic mass is 16.5. The van der Waals surface area contributed by atoms with Crippen LogP contribution >= 0.6 is 0 Å². The first-order chi connectivity index (χ1) is 8.16. The van der Waals surface area contributed by atoms with Gasteiger partial charge in [-0.05, 0) is 49.8 Å². The molecule has 0 saturated heterocycles. The maximum atomic E-state index is 9.76. The van der Waals surface area contributed by atoms with E-state index in [1.165, 1.54) is 19.3 Å². The average molecular weight is 234 g/mol. The van der Waals surface area contributed by atoms with E-state index < -0.39 is 0 Å². The summed E-state index contributed by atoms with van der Waals surface area (Å²) in [7, 11) is 0. The fourth-order valence-corrected chi connectivity index (χ4v) is 2.44. The summed E-state index contributed by atoms with van der Waals surface area (Å²) < 4.78 is 5.99. The molecule has 0 unspecified atom stereocenters. The predicted octanol–water partition coefficient (Wildman–Crippen LogP) is 4.23. The summed E-state index contributed by atoms with van der Waals surface area (Å²) >= 11 is 0. The Morgan fingerprint density at radius 2 is 1.88 bits per heavy atom. The van der Waals surface area contributed by atoms with Gasteiger partial charge in [0.2, 0.25) is 0 Å². The Kier molecular flexibility index (Phi) is 3.93. The molecule has 1 saturated carbocycles. The third-order valence-corrected chi connectivity index (χ3v) is 3.48. The lowest BCUT2D eigenvalue weighted by Crippen LogP contribution is -2.19. The summed E-state index contributed by atoms with van der Waals surface area (Å²) in [5.41, 5.74) is 0.971. The van der Waals surface area contributed by atoms with Crippen molar-refractivity contribution < 1.29 is 9.84 Å². The minimum atomic E-state index is 0.324. The highest BCUT2D eigenvalue weighted by Crippen LogP contribution is 2.31. The van der Waals surface area contributed by atoms with Gasteiger partial charge in [0.25, 0.3) is 0 Å². The molecule has 1 fully saturated rings. The minimum absolute atomic E-state index is 0.324. The van der Waals surface area contributed by atoms with Crippen molar-refractivity contribution >= 4 is 0 Å². The molecule has 0 aromatic heterocycles. The number of hydrogen-bond acceptors (Lipinski definition) is 2. The first-order valence-corrected chi connectivity index (χ1v) is 6.66. The Morgan fingerprint density at radius 3 is 2.53 bits per heavy atom. The van der Waals surface area contributed by atoms with Crippen LogP contribution in [-0.2, 0) is 0 Å². The van der Waals surface area contributed by atoms with Crippen LogP contribution in [0.15, 0.2) is 18.2 Å². The zero-order valence-corrected chi connectivity index (χ0v) is 10.8. The van der Waals surface area contributed by atoms with Crippen LogP contribution in [0, 0.1) is 0 Å². The molecule has 0 radical (unpaired) electrons. The topological polar surface area (TPSA) is 29.5 Å². The van der Waals surface area contributed by atoms with Gasteiger partial charge in [0, 0.05) is 5.56 Å². The van der Waals surface area contributed by atoms with Crippen LogP contribution in [0.1, 0.15) is 57.4 Å². The van der Waals surface area contributed by atoms with Gasteiger partial charge >= 0.3 is 0 Å². The van der Waals surface area contributed by atoms with E-state index >= 15 is 0 Å². The maximum Gasteiger partial charge on any atom is 0.120 e. The molecule has 0 atom stereocenters. The smallest absolute Gasteiger partial charge is 0.120 e. The first-order valence-electron chi connectivity index (χ1n) is 6.66. The second kappa shape index (κ2) is 5.44. The van der Waals surface area contributed by atoms with Crippen LogP contribution in [0.3, 0.4) is 0 Å². The predicted molar refractivity (Wildman–Crippen MR) is 69.7 cm³/mol. The molecule has 94 valence electrons. The normalized spacial score (nSPS) is 17.4. The van der Waals surface area contributed by atoms with E-state index in [0.717, 1.165) is 24.2 Å². The number of benzene rings is 1. The highest BCUT2D eigenvalue weighted by molar-refractivity contribution is 5.41. The summed E-state index contributed by atoms with van der Waals surface area (Å²) in [5, 5.41) is 9.76. The molecular formula is C15H22O2. The van der Waals surface area contributed by atoms with Crippen LogP contribution in [0.2, 0.25) is 0 Å². The van der Waals surface area contributed by atoms with Crippen molar-refractivity contribution in [2.75, 3.05) is 0 Å². The Balaban J connectivity index is 2.07. The van der Waals surface area contributed by atoms with Crippen LogP contribution in [-0.4, -0.2) is 11.2 Å². The molecule has 0 spiro atoms. The Morgan fingerprint density at radius 1 is 1.18 bits per heavy atom. The summed E-state index contributed by atoms with van der Waals surface area (Å²) in [4.78, 5) is 0. The van der Waals surface area contributed by atoms with E-state index in [0.29, 0.717) is 17.8 Å². The van der Waals surface area contributed by atoms with Gasteiger partial charge in [-0.15, -0.1) is 0 Å². The van der Waals surface area contributed by atoms with E-state index in [4.69, 9.17) is 4.74 Å². The second-order valence-corrected chi connectivity index (χ2v) is 5.25. The molecule has 0 heterocycles. The quantitative estimate of drug-likeness (QED) is 0.848. The molecule has 2 rings (SSSR count). The van der Waals surface area contributed by atoms with Gasteiger partial charge in [-0.25, -0.2) is 0 Å². The fourth-order valence-electron chi connectivity index (χ4n) is 2.44. The van der Waals surface area contributed by atoms with Crippen LogP contribution in [0.5, 0.6) is 11.5 Å². The van der Waals surface area contributed by atoms with Crippen molar-refractivity contribution in [2.24, 2.45) is 0 Å². The van der Waals surface area contributed by atoms with E-state index in [2.05, 4.69) is 13.8 Å². The fraction of sp³-hybridized carbons (Fsp3) is 0.600. The monoisotopic (exact) mass is 234 g/mol. The van der Waals surface area contributed by atoms with Gasteiger partial charge in [0.05, 0.1) is 6.10 Å². The van der Waals surface area contributed by atoms with Crippen LogP contribution in [0.4, 0.5) is 0 Å². The molecule has 0 amide bonds. The van der Waals surface area contributed by atoms with E-state index in [1.807, 2.05) is 12.1 Å². The van der Waals surface area contributed by atoms with Gasteiger partial charge in [0.15, 0.2) is 0 Å². The standard InChI is InChI=1S/C15H22O2/c1-11(2)14-10-13(8-9-15(14)16)17-12-6-4-3-5-7-12/h8-12,16H,3-7H2,1-2H3. The van der Waals surface area contributed by atoms with E-state index in [9.17, 15) is 5.11 Å². The molecule has 1 aliphatic carbocycles. The number of aromatic hydroxyl groups is 1. The van der Waals surface area contributed by atoms with Gasteiger partial charge in [-0.2, -0.15) is 0 Å². The highest BCUT2D eigenvalue weighted by Gasteiger charge is 2.15. The number of rotatable bonds is 3. The average Bonchev–Trinajstić information content (AvgIpc) is 2.32. The van der Waals surface area contributed by atoms with Gasteiger partial charge in [-0.1, -0.05) is 20.3 Å². The molecule has 1 aromatic rings. The zero-order chi connectivity index (χ0) is 12.3. The lowest BCUT2D eigenvalue weighted by atomic mass is 9.97. The number of phenolic OH excluding ortho intramolecular Hbond substituents is 1. The summed E-state index contributed by atoms with van der Waals surface area (Å²) in [5.74, 6) is 1.60. The van der Waals surface area contributed by atoms with Crippen molar-refractivity contribution in [2.45, 2.75) is 58.0 Å². The van der Waals surface area contributed by atoms with Crippen molar-refractivity contribution in [1.82, 2.24) is 0 Å². The molecule has 17 heavy (non-hydrogen) atoms.